The average Bonchev–Trinajstić information content (AvgIpc) is 3.53. The highest BCUT2D eigenvalue weighted by Crippen LogP contribution is 2.59. The van der Waals surface area contributed by atoms with E-state index in [-0.39, 0.29) is 48.5 Å². The quantitative estimate of drug-likeness (QED) is 0.530. The molecule has 5 aliphatic rings. The lowest BCUT2D eigenvalue weighted by molar-refractivity contribution is -0.159. The van der Waals surface area contributed by atoms with Crippen molar-refractivity contribution < 1.29 is 28.5 Å². The van der Waals surface area contributed by atoms with Crippen molar-refractivity contribution >= 4 is 11.9 Å². The van der Waals surface area contributed by atoms with Gasteiger partial charge >= 0.3 is 11.9 Å². The van der Waals surface area contributed by atoms with Crippen LogP contribution in [0.4, 0.5) is 0 Å². The van der Waals surface area contributed by atoms with E-state index in [1.54, 1.807) is 0 Å². The van der Waals surface area contributed by atoms with E-state index in [9.17, 15) is 9.59 Å². The Morgan fingerprint density at radius 2 is 1.69 bits per heavy atom. The van der Waals surface area contributed by atoms with Gasteiger partial charge in [0, 0.05) is 11.3 Å². The fourth-order valence-electron chi connectivity index (χ4n) is 5.29. The van der Waals surface area contributed by atoms with Gasteiger partial charge in [0.1, 0.15) is 0 Å². The summed E-state index contributed by atoms with van der Waals surface area (Å²) >= 11 is 0. The molecular formula is C20H28O6. The number of esters is 2. The summed E-state index contributed by atoms with van der Waals surface area (Å²) in [5.74, 6) is 0.632. The number of ether oxygens (including phenoxy) is 4. The van der Waals surface area contributed by atoms with E-state index in [1.165, 1.54) is 0 Å². The molecule has 8 atom stereocenters. The lowest BCUT2D eigenvalue weighted by Crippen LogP contribution is -2.34. The first-order valence-corrected chi connectivity index (χ1v) is 10.1. The first-order chi connectivity index (χ1) is 12.4. The number of hydrogen-bond donors (Lipinski definition) is 0. The summed E-state index contributed by atoms with van der Waals surface area (Å²) in [6.07, 6.45) is 6.01. The summed E-state index contributed by atoms with van der Waals surface area (Å²) in [7, 11) is 0. The molecule has 2 aliphatic heterocycles. The van der Waals surface area contributed by atoms with Crippen molar-refractivity contribution in [2.45, 2.75) is 70.4 Å². The SMILES string of the molecule is CC(C)(COC(=O)C1CCC2OC2C1)COC(=O)C1CC2CC1C1OC21. The van der Waals surface area contributed by atoms with Gasteiger partial charge in [-0.1, -0.05) is 13.8 Å². The zero-order chi connectivity index (χ0) is 18.1. The van der Waals surface area contributed by atoms with Gasteiger partial charge in [0.2, 0.25) is 0 Å². The standard InChI is InChI=1S/C20H28O6/c1-20(2,8-23-18(21)10-3-4-14-15(7-10)25-14)9-24-19(22)13-6-11-5-12(13)17-16(11)26-17/h10-17H,3-9H2,1-2H3. The second-order valence-corrected chi connectivity index (χ2v) is 9.67. The summed E-state index contributed by atoms with van der Waals surface area (Å²) in [5, 5.41) is 0. The number of carbonyl (C=O) groups excluding carboxylic acids is 2. The minimum Gasteiger partial charge on any atom is -0.465 e. The molecule has 0 aromatic heterocycles. The van der Waals surface area contributed by atoms with Crippen molar-refractivity contribution in [2.75, 3.05) is 13.2 Å². The van der Waals surface area contributed by atoms with Crippen LogP contribution in [0, 0.1) is 29.1 Å². The van der Waals surface area contributed by atoms with Crippen LogP contribution in [-0.4, -0.2) is 49.6 Å². The smallest absolute Gasteiger partial charge is 0.309 e. The number of rotatable bonds is 6. The molecule has 2 bridgehead atoms. The van der Waals surface area contributed by atoms with Gasteiger partial charge in [0.25, 0.3) is 0 Å². The molecule has 0 spiro atoms. The first kappa shape index (κ1) is 17.0. The van der Waals surface area contributed by atoms with Crippen LogP contribution in [-0.2, 0) is 28.5 Å². The van der Waals surface area contributed by atoms with Crippen molar-refractivity contribution in [3.63, 3.8) is 0 Å². The molecule has 3 aliphatic carbocycles. The van der Waals surface area contributed by atoms with Gasteiger partial charge in [-0.2, -0.15) is 0 Å². The maximum absolute atomic E-state index is 12.5. The Balaban J connectivity index is 1.06. The molecule has 0 radical (unpaired) electrons. The fraction of sp³-hybridized carbons (Fsp3) is 0.900. The summed E-state index contributed by atoms with van der Waals surface area (Å²) < 4.78 is 22.2. The van der Waals surface area contributed by atoms with Crippen LogP contribution in [0.2, 0.25) is 0 Å². The Labute approximate surface area is 153 Å². The van der Waals surface area contributed by atoms with E-state index < -0.39 is 0 Å². The Kier molecular flexibility index (Phi) is 3.87. The van der Waals surface area contributed by atoms with Crippen molar-refractivity contribution in [1.82, 2.24) is 0 Å². The van der Waals surface area contributed by atoms with E-state index in [0.717, 1.165) is 32.1 Å². The predicted molar refractivity (Wildman–Crippen MR) is 90.1 cm³/mol. The van der Waals surface area contributed by atoms with E-state index in [4.69, 9.17) is 18.9 Å². The Morgan fingerprint density at radius 1 is 0.923 bits per heavy atom. The van der Waals surface area contributed by atoms with Crippen molar-refractivity contribution in [2.24, 2.45) is 29.1 Å². The van der Waals surface area contributed by atoms with Crippen molar-refractivity contribution in [1.29, 1.82) is 0 Å². The van der Waals surface area contributed by atoms with Gasteiger partial charge in [-0.15, -0.1) is 0 Å². The molecule has 144 valence electrons. The summed E-state index contributed by atoms with van der Waals surface area (Å²) in [6, 6.07) is 0. The molecule has 8 unspecified atom stereocenters. The molecule has 3 saturated carbocycles. The largest absolute Gasteiger partial charge is 0.465 e. The van der Waals surface area contributed by atoms with Crippen LogP contribution in [0.15, 0.2) is 0 Å². The predicted octanol–water partition coefficient (Wildman–Crippen LogP) is 2.09. The maximum Gasteiger partial charge on any atom is 0.309 e. The Hall–Kier alpha value is -1.14. The number of fused-ring (bicyclic) bond motifs is 6. The van der Waals surface area contributed by atoms with Gasteiger partial charge < -0.3 is 18.9 Å². The molecule has 6 nitrogen and oxygen atoms in total. The lowest BCUT2D eigenvalue weighted by Gasteiger charge is -2.27. The molecular weight excluding hydrogens is 336 g/mol. The van der Waals surface area contributed by atoms with Crippen LogP contribution in [0.3, 0.4) is 0 Å². The molecule has 26 heavy (non-hydrogen) atoms. The van der Waals surface area contributed by atoms with Crippen LogP contribution < -0.4 is 0 Å². The number of hydrogen-bond acceptors (Lipinski definition) is 6. The van der Waals surface area contributed by atoms with E-state index >= 15 is 0 Å². The molecule has 0 amide bonds. The second kappa shape index (κ2) is 5.93. The van der Waals surface area contributed by atoms with Crippen LogP contribution in [0.25, 0.3) is 0 Å². The minimum absolute atomic E-state index is 0.00386. The minimum atomic E-state index is -0.380. The third-order valence-electron chi connectivity index (χ3n) is 6.95. The number of carbonyl (C=O) groups is 2. The summed E-state index contributed by atoms with van der Waals surface area (Å²) in [6.45, 7) is 4.49. The average molecular weight is 364 g/mol. The van der Waals surface area contributed by atoms with E-state index in [2.05, 4.69) is 0 Å². The highest BCUT2D eigenvalue weighted by molar-refractivity contribution is 5.74. The van der Waals surface area contributed by atoms with Crippen LogP contribution >= 0.6 is 0 Å². The monoisotopic (exact) mass is 364 g/mol. The zero-order valence-electron chi connectivity index (χ0n) is 15.5. The van der Waals surface area contributed by atoms with Crippen LogP contribution in [0.1, 0.15) is 46.0 Å². The summed E-state index contributed by atoms with van der Waals surface area (Å²) in [4.78, 5) is 24.8. The molecule has 0 aromatic carbocycles. The van der Waals surface area contributed by atoms with Crippen LogP contribution in [0.5, 0.6) is 0 Å². The number of epoxide rings is 2. The molecule has 5 fully saturated rings. The normalized spacial score (nSPS) is 44.8. The van der Waals surface area contributed by atoms with Gasteiger partial charge in [0.15, 0.2) is 0 Å². The van der Waals surface area contributed by atoms with Gasteiger partial charge in [-0.25, -0.2) is 0 Å². The fourth-order valence-corrected chi connectivity index (χ4v) is 5.29. The van der Waals surface area contributed by atoms with Gasteiger partial charge in [-0.3, -0.25) is 9.59 Å². The molecule has 2 saturated heterocycles. The third-order valence-corrected chi connectivity index (χ3v) is 6.95. The van der Waals surface area contributed by atoms with Gasteiger partial charge in [-0.05, 0) is 38.0 Å². The highest BCUT2D eigenvalue weighted by Gasteiger charge is 2.65. The van der Waals surface area contributed by atoms with Crippen molar-refractivity contribution in [3.05, 3.63) is 0 Å². The highest BCUT2D eigenvalue weighted by atomic mass is 16.6. The van der Waals surface area contributed by atoms with Gasteiger partial charge in [0.05, 0.1) is 49.5 Å². The Morgan fingerprint density at radius 3 is 2.38 bits per heavy atom. The molecule has 0 N–H and O–H groups in total. The van der Waals surface area contributed by atoms with E-state index in [0.29, 0.717) is 30.1 Å². The van der Waals surface area contributed by atoms with Crippen molar-refractivity contribution in [3.8, 4) is 0 Å². The summed E-state index contributed by atoms with van der Waals surface area (Å²) in [5.41, 5.74) is -0.380. The first-order valence-electron chi connectivity index (χ1n) is 10.1. The molecule has 6 heteroatoms. The lowest BCUT2D eigenvalue weighted by atomic mass is 9.88. The third kappa shape index (κ3) is 3.05. The molecule has 5 rings (SSSR count). The zero-order valence-corrected chi connectivity index (χ0v) is 15.5. The molecule has 2 heterocycles. The molecule has 0 aromatic rings. The Bertz CT molecular complexity index is 615. The second-order valence-electron chi connectivity index (χ2n) is 9.67. The topological polar surface area (TPSA) is 77.7 Å². The maximum atomic E-state index is 12.5. The van der Waals surface area contributed by atoms with E-state index in [1.807, 2.05) is 13.8 Å².